The Kier molecular flexibility index (Phi) is 2.75. The second-order valence-corrected chi connectivity index (χ2v) is 4.48. The van der Waals surface area contributed by atoms with Crippen molar-refractivity contribution in [3.8, 4) is 0 Å². The van der Waals surface area contributed by atoms with Gasteiger partial charge in [0.05, 0.1) is 10.9 Å². The van der Waals surface area contributed by atoms with Gasteiger partial charge in [-0.05, 0) is 0 Å². The fourth-order valence-corrected chi connectivity index (χ4v) is 2.16. The third-order valence-electron chi connectivity index (χ3n) is 2.67. The molecule has 0 N–H and O–H groups in total. The van der Waals surface area contributed by atoms with Crippen molar-refractivity contribution in [1.82, 2.24) is 13.7 Å². The van der Waals surface area contributed by atoms with Gasteiger partial charge in [-0.15, -0.1) is 0 Å². The molecule has 0 aliphatic heterocycles. The Morgan fingerprint density at radius 2 is 1.88 bits per heavy atom. The Balaban J connectivity index is 2.87. The second kappa shape index (κ2) is 3.93. The van der Waals surface area contributed by atoms with Gasteiger partial charge in [0.15, 0.2) is 0 Å². The summed E-state index contributed by atoms with van der Waals surface area (Å²) >= 11 is 3.34. The van der Waals surface area contributed by atoms with Crippen molar-refractivity contribution in [3.63, 3.8) is 0 Å². The molecule has 0 atom stereocenters. The van der Waals surface area contributed by atoms with E-state index in [4.69, 9.17) is 0 Å². The molecule has 86 valence electrons. The molecule has 6 heteroatoms. The topological polar surface area (TPSA) is 48.9 Å². The lowest BCUT2D eigenvalue weighted by Gasteiger charge is -2.02. The molecule has 5 nitrogen and oxygen atoms in total. The predicted octanol–water partition coefficient (Wildman–Crippen LogP) is 0.434. The Hall–Kier alpha value is -1.30. The number of hydrogen-bond donors (Lipinski definition) is 0. The minimum absolute atomic E-state index is 0.244. The number of rotatable bonds is 2. The maximum absolute atomic E-state index is 11.8. The minimum atomic E-state index is -0.297. The number of aryl methyl sites for hydroxylation is 2. The van der Waals surface area contributed by atoms with Crippen LogP contribution in [0.3, 0.4) is 0 Å². The van der Waals surface area contributed by atoms with E-state index in [0.29, 0.717) is 10.9 Å². The zero-order chi connectivity index (χ0) is 11.9. The van der Waals surface area contributed by atoms with Crippen LogP contribution >= 0.6 is 15.9 Å². The highest BCUT2D eigenvalue weighted by molar-refractivity contribution is 9.09. The predicted molar refractivity (Wildman–Crippen MR) is 66.2 cm³/mol. The average molecular weight is 286 g/mol. The third kappa shape index (κ3) is 1.53. The van der Waals surface area contributed by atoms with Gasteiger partial charge < -0.3 is 4.57 Å². The molecule has 2 heterocycles. The first kappa shape index (κ1) is 11.2. The first-order valence-corrected chi connectivity index (χ1v) is 6.00. The number of nitrogens with zero attached hydrogens (tertiary/aromatic N) is 3. The van der Waals surface area contributed by atoms with Crippen molar-refractivity contribution >= 4 is 26.8 Å². The van der Waals surface area contributed by atoms with Crippen LogP contribution in [0.25, 0.3) is 10.9 Å². The SMILES string of the molecule is Cn1c(=O)c2cn(CCBr)cc2n(C)c1=O. The van der Waals surface area contributed by atoms with Gasteiger partial charge in [0.2, 0.25) is 0 Å². The van der Waals surface area contributed by atoms with E-state index in [0.717, 1.165) is 16.4 Å². The lowest BCUT2D eigenvalue weighted by molar-refractivity contribution is 0.714. The zero-order valence-corrected chi connectivity index (χ0v) is 10.7. The van der Waals surface area contributed by atoms with Gasteiger partial charge in [0.1, 0.15) is 0 Å². The van der Waals surface area contributed by atoms with Gasteiger partial charge in [-0.2, -0.15) is 0 Å². The zero-order valence-electron chi connectivity index (χ0n) is 9.11. The lowest BCUT2D eigenvalue weighted by atomic mass is 10.4. The summed E-state index contributed by atoms with van der Waals surface area (Å²) < 4.78 is 4.52. The van der Waals surface area contributed by atoms with Gasteiger partial charge in [-0.3, -0.25) is 13.9 Å². The summed E-state index contributed by atoms with van der Waals surface area (Å²) in [6.07, 6.45) is 3.60. The van der Waals surface area contributed by atoms with Crippen LogP contribution in [-0.2, 0) is 20.6 Å². The van der Waals surface area contributed by atoms with Gasteiger partial charge in [0.25, 0.3) is 5.56 Å². The largest absolute Gasteiger partial charge is 0.350 e. The third-order valence-corrected chi connectivity index (χ3v) is 3.03. The molecule has 0 aromatic carbocycles. The molecule has 16 heavy (non-hydrogen) atoms. The van der Waals surface area contributed by atoms with Gasteiger partial charge in [-0.25, -0.2) is 4.79 Å². The maximum Gasteiger partial charge on any atom is 0.330 e. The van der Waals surface area contributed by atoms with E-state index in [1.807, 2.05) is 10.8 Å². The first-order valence-electron chi connectivity index (χ1n) is 4.87. The molecule has 0 spiro atoms. The van der Waals surface area contributed by atoms with Crippen LogP contribution in [0.1, 0.15) is 0 Å². The van der Waals surface area contributed by atoms with Crippen molar-refractivity contribution < 1.29 is 0 Å². The van der Waals surface area contributed by atoms with Crippen LogP contribution < -0.4 is 11.2 Å². The molecule has 0 fully saturated rings. The molecule has 0 aliphatic carbocycles. The summed E-state index contributed by atoms with van der Waals surface area (Å²) in [7, 11) is 3.16. The first-order chi connectivity index (χ1) is 7.56. The number of aromatic nitrogens is 3. The molecule has 0 unspecified atom stereocenters. The quantitative estimate of drug-likeness (QED) is 0.752. The van der Waals surface area contributed by atoms with E-state index in [9.17, 15) is 9.59 Å². The highest BCUT2D eigenvalue weighted by atomic mass is 79.9. The van der Waals surface area contributed by atoms with Crippen molar-refractivity contribution in [2.24, 2.45) is 14.1 Å². The Morgan fingerprint density at radius 1 is 1.19 bits per heavy atom. The number of alkyl halides is 1. The summed E-state index contributed by atoms with van der Waals surface area (Å²) in [5.41, 5.74) is 0.134. The average Bonchev–Trinajstić information content (AvgIpc) is 2.68. The summed E-state index contributed by atoms with van der Waals surface area (Å²) in [6, 6.07) is 0. The Labute approximate surface area is 100 Å². The van der Waals surface area contributed by atoms with Crippen LogP contribution in [0.4, 0.5) is 0 Å². The van der Waals surface area contributed by atoms with Crippen molar-refractivity contribution in [1.29, 1.82) is 0 Å². The normalized spacial score (nSPS) is 11.2. The van der Waals surface area contributed by atoms with E-state index < -0.39 is 0 Å². The molecule has 2 aromatic rings. The maximum atomic E-state index is 11.8. The molecule has 2 rings (SSSR count). The van der Waals surface area contributed by atoms with Crippen molar-refractivity contribution in [2.75, 3.05) is 5.33 Å². The van der Waals surface area contributed by atoms with E-state index >= 15 is 0 Å². The molecule has 0 amide bonds. The highest BCUT2D eigenvalue weighted by Crippen LogP contribution is 2.08. The summed E-state index contributed by atoms with van der Waals surface area (Å²) in [5.74, 6) is 0. The van der Waals surface area contributed by atoms with Crippen LogP contribution in [0, 0.1) is 0 Å². The molecule has 0 saturated carbocycles. The lowest BCUT2D eigenvalue weighted by Crippen LogP contribution is -2.36. The van der Waals surface area contributed by atoms with E-state index in [1.165, 1.54) is 11.6 Å². The molecule has 0 aliphatic rings. The Morgan fingerprint density at radius 3 is 2.50 bits per heavy atom. The summed E-state index contributed by atoms with van der Waals surface area (Å²) in [5, 5.41) is 1.38. The Bertz CT molecular complexity index is 650. The number of hydrogen-bond acceptors (Lipinski definition) is 2. The summed E-state index contributed by atoms with van der Waals surface area (Å²) in [6.45, 7) is 0.770. The van der Waals surface area contributed by atoms with Gasteiger partial charge >= 0.3 is 5.69 Å². The molecule has 0 bridgehead atoms. The molecular weight excluding hydrogens is 274 g/mol. The van der Waals surface area contributed by atoms with Gasteiger partial charge in [-0.1, -0.05) is 15.9 Å². The molecule has 0 radical (unpaired) electrons. The van der Waals surface area contributed by atoms with Crippen LogP contribution in [0.5, 0.6) is 0 Å². The smallest absolute Gasteiger partial charge is 0.330 e. The van der Waals surface area contributed by atoms with Crippen LogP contribution in [0.2, 0.25) is 0 Å². The summed E-state index contributed by atoms with van der Waals surface area (Å²) in [4.78, 5) is 23.5. The monoisotopic (exact) mass is 285 g/mol. The number of fused-ring (bicyclic) bond motifs is 1. The number of halogens is 1. The van der Waals surface area contributed by atoms with Crippen LogP contribution in [-0.4, -0.2) is 19.0 Å². The fourth-order valence-electron chi connectivity index (χ4n) is 1.75. The van der Waals surface area contributed by atoms with E-state index in [2.05, 4.69) is 15.9 Å². The van der Waals surface area contributed by atoms with Gasteiger partial charge in [0, 0.05) is 38.4 Å². The minimum Gasteiger partial charge on any atom is -0.350 e. The second-order valence-electron chi connectivity index (χ2n) is 3.69. The van der Waals surface area contributed by atoms with Crippen molar-refractivity contribution in [2.45, 2.75) is 6.54 Å². The standard InChI is InChI=1S/C10H12BrN3O2/c1-12-8-6-14(4-3-11)5-7(8)9(15)13(2)10(12)16/h5-6H,3-4H2,1-2H3. The molecule has 0 saturated heterocycles. The van der Waals surface area contributed by atoms with E-state index in [-0.39, 0.29) is 11.2 Å². The van der Waals surface area contributed by atoms with Crippen LogP contribution in [0.15, 0.2) is 22.0 Å². The molecule has 2 aromatic heterocycles. The van der Waals surface area contributed by atoms with E-state index in [1.54, 1.807) is 13.2 Å². The highest BCUT2D eigenvalue weighted by Gasteiger charge is 2.10. The molecular formula is C10H12BrN3O2. The fraction of sp³-hybridized carbons (Fsp3) is 0.400. The van der Waals surface area contributed by atoms with Crippen molar-refractivity contribution in [3.05, 3.63) is 33.2 Å².